The summed E-state index contributed by atoms with van der Waals surface area (Å²) in [5, 5.41) is 5.43. The predicted octanol–water partition coefficient (Wildman–Crippen LogP) is 4.50. The number of hydrogen-bond acceptors (Lipinski definition) is 6. The van der Waals surface area contributed by atoms with Crippen molar-refractivity contribution in [1.29, 1.82) is 0 Å². The summed E-state index contributed by atoms with van der Waals surface area (Å²) in [7, 11) is 0. The van der Waals surface area contributed by atoms with Crippen LogP contribution in [0.4, 0.5) is 0 Å². The van der Waals surface area contributed by atoms with Gasteiger partial charge in [-0.15, -0.1) is 22.7 Å². The fourth-order valence-corrected chi connectivity index (χ4v) is 4.34. The van der Waals surface area contributed by atoms with Gasteiger partial charge < -0.3 is 10.1 Å². The molecule has 0 unspecified atom stereocenters. The number of thiophene rings is 1. The van der Waals surface area contributed by atoms with E-state index < -0.39 is 5.97 Å². The SMILES string of the molecule is O=C(COC(=O)c1ccccc1-c1nc2ccccc2s1)NCc1cccs1. The van der Waals surface area contributed by atoms with E-state index in [1.54, 1.807) is 23.5 Å². The molecule has 0 spiro atoms. The monoisotopic (exact) mass is 408 g/mol. The number of nitrogens with one attached hydrogen (secondary N) is 1. The molecule has 2 aromatic heterocycles. The number of ether oxygens (including phenoxy) is 1. The van der Waals surface area contributed by atoms with Gasteiger partial charge in [0.15, 0.2) is 6.61 Å². The molecule has 0 radical (unpaired) electrons. The molecule has 1 N–H and O–H groups in total. The Balaban J connectivity index is 1.45. The topological polar surface area (TPSA) is 68.3 Å². The quantitative estimate of drug-likeness (QED) is 0.477. The first-order valence-corrected chi connectivity index (χ1v) is 10.3. The zero-order chi connectivity index (χ0) is 19.3. The molecule has 2 heterocycles. The van der Waals surface area contributed by atoms with Crippen LogP contribution in [0.1, 0.15) is 15.2 Å². The maximum atomic E-state index is 12.6. The van der Waals surface area contributed by atoms with Crippen LogP contribution in [-0.4, -0.2) is 23.5 Å². The molecule has 4 aromatic rings. The lowest BCUT2D eigenvalue weighted by Crippen LogP contribution is -2.28. The molecule has 0 aliphatic rings. The number of para-hydroxylation sites is 1. The summed E-state index contributed by atoms with van der Waals surface area (Å²) in [6.45, 7) is 0.106. The fraction of sp³-hybridized carbons (Fsp3) is 0.0952. The van der Waals surface area contributed by atoms with Crippen molar-refractivity contribution in [3.05, 3.63) is 76.5 Å². The van der Waals surface area contributed by atoms with Crippen molar-refractivity contribution < 1.29 is 14.3 Å². The molecule has 0 atom stereocenters. The van der Waals surface area contributed by atoms with Crippen LogP contribution in [0, 0.1) is 0 Å². The van der Waals surface area contributed by atoms with Crippen LogP contribution in [0.5, 0.6) is 0 Å². The average Bonchev–Trinajstić information content (AvgIpc) is 3.40. The number of esters is 1. The Hall–Kier alpha value is -3.03. The molecule has 0 saturated heterocycles. The van der Waals surface area contributed by atoms with E-state index in [4.69, 9.17) is 4.74 Å². The van der Waals surface area contributed by atoms with E-state index in [9.17, 15) is 9.59 Å². The Labute approximate surface area is 169 Å². The third-order valence-corrected chi connectivity index (χ3v) is 5.99. The molecule has 1 amide bonds. The summed E-state index contributed by atoms with van der Waals surface area (Å²) in [6.07, 6.45) is 0. The summed E-state index contributed by atoms with van der Waals surface area (Å²) in [5.74, 6) is -0.875. The van der Waals surface area contributed by atoms with Gasteiger partial charge in [0.2, 0.25) is 0 Å². The van der Waals surface area contributed by atoms with Gasteiger partial charge in [0.1, 0.15) is 5.01 Å². The molecular formula is C21H16N2O3S2. The van der Waals surface area contributed by atoms with E-state index in [2.05, 4.69) is 10.3 Å². The minimum absolute atomic E-state index is 0.321. The number of hydrogen-bond donors (Lipinski definition) is 1. The van der Waals surface area contributed by atoms with E-state index in [1.807, 2.05) is 53.9 Å². The molecule has 5 nitrogen and oxygen atoms in total. The number of aromatic nitrogens is 1. The average molecular weight is 409 g/mol. The van der Waals surface area contributed by atoms with Crippen LogP contribution in [0.3, 0.4) is 0 Å². The van der Waals surface area contributed by atoms with Gasteiger partial charge >= 0.3 is 5.97 Å². The number of nitrogens with zero attached hydrogens (tertiary/aromatic N) is 1. The predicted molar refractivity (Wildman–Crippen MR) is 112 cm³/mol. The van der Waals surface area contributed by atoms with Crippen LogP contribution in [0.15, 0.2) is 66.0 Å². The van der Waals surface area contributed by atoms with Crippen LogP contribution < -0.4 is 5.32 Å². The molecule has 28 heavy (non-hydrogen) atoms. The van der Waals surface area contributed by atoms with Crippen molar-refractivity contribution in [1.82, 2.24) is 10.3 Å². The highest BCUT2D eigenvalue weighted by molar-refractivity contribution is 7.21. The van der Waals surface area contributed by atoms with Crippen molar-refractivity contribution in [2.75, 3.05) is 6.61 Å². The molecule has 0 aliphatic carbocycles. The molecule has 4 rings (SSSR count). The van der Waals surface area contributed by atoms with Crippen LogP contribution in [-0.2, 0) is 16.1 Å². The molecular weight excluding hydrogens is 392 g/mol. The second kappa shape index (κ2) is 8.33. The van der Waals surface area contributed by atoms with Crippen molar-refractivity contribution >= 4 is 44.8 Å². The first-order chi connectivity index (χ1) is 13.7. The first-order valence-electron chi connectivity index (χ1n) is 8.62. The zero-order valence-electron chi connectivity index (χ0n) is 14.8. The Morgan fingerprint density at radius 1 is 1.00 bits per heavy atom. The van der Waals surface area contributed by atoms with E-state index >= 15 is 0 Å². The summed E-state index contributed by atoms with van der Waals surface area (Å²) in [6, 6.07) is 18.8. The number of benzene rings is 2. The number of amides is 1. The van der Waals surface area contributed by atoms with Gasteiger partial charge in [-0.25, -0.2) is 9.78 Å². The molecule has 2 aromatic carbocycles. The standard InChI is InChI=1S/C21H16N2O3S2/c24-19(22-12-14-6-5-11-27-14)13-26-21(25)16-8-2-1-7-15(16)20-23-17-9-3-4-10-18(17)28-20/h1-11H,12-13H2,(H,22,24). The maximum absolute atomic E-state index is 12.6. The molecule has 0 saturated carbocycles. The second-order valence-corrected chi connectivity index (χ2v) is 8.03. The Kier molecular flexibility index (Phi) is 5.45. The number of carbonyl (C=O) groups excluding carboxylic acids is 2. The zero-order valence-corrected chi connectivity index (χ0v) is 16.4. The van der Waals surface area contributed by atoms with E-state index in [0.717, 1.165) is 20.1 Å². The minimum atomic E-state index is -0.541. The molecule has 0 aliphatic heterocycles. The Morgan fingerprint density at radius 3 is 2.64 bits per heavy atom. The highest BCUT2D eigenvalue weighted by Gasteiger charge is 2.17. The maximum Gasteiger partial charge on any atom is 0.339 e. The van der Waals surface area contributed by atoms with E-state index in [0.29, 0.717) is 17.7 Å². The van der Waals surface area contributed by atoms with E-state index in [-0.39, 0.29) is 12.5 Å². The number of thiazole rings is 1. The lowest BCUT2D eigenvalue weighted by atomic mass is 10.1. The lowest BCUT2D eigenvalue weighted by molar-refractivity contribution is -0.124. The highest BCUT2D eigenvalue weighted by atomic mass is 32.1. The highest BCUT2D eigenvalue weighted by Crippen LogP contribution is 2.32. The summed E-state index contributed by atoms with van der Waals surface area (Å²) >= 11 is 3.08. The van der Waals surface area contributed by atoms with Gasteiger partial charge in [-0.2, -0.15) is 0 Å². The van der Waals surface area contributed by atoms with Crippen LogP contribution in [0.2, 0.25) is 0 Å². The van der Waals surface area contributed by atoms with Gasteiger partial charge in [0.25, 0.3) is 5.91 Å². The van der Waals surface area contributed by atoms with Crippen LogP contribution >= 0.6 is 22.7 Å². The number of rotatable bonds is 6. The van der Waals surface area contributed by atoms with Gasteiger partial charge in [-0.3, -0.25) is 4.79 Å². The molecule has 0 fully saturated rings. The van der Waals surface area contributed by atoms with Gasteiger partial charge in [0.05, 0.1) is 22.3 Å². The smallest absolute Gasteiger partial charge is 0.339 e. The summed E-state index contributed by atoms with van der Waals surface area (Å²) < 4.78 is 6.27. The van der Waals surface area contributed by atoms with Gasteiger partial charge in [-0.1, -0.05) is 36.4 Å². The van der Waals surface area contributed by atoms with Crippen molar-refractivity contribution in [2.24, 2.45) is 0 Å². The first kappa shape index (κ1) is 18.3. The van der Waals surface area contributed by atoms with Gasteiger partial charge in [-0.05, 0) is 29.6 Å². The number of carbonyl (C=O) groups is 2. The van der Waals surface area contributed by atoms with Crippen LogP contribution in [0.25, 0.3) is 20.8 Å². The van der Waals surface area contributed by atoms with Crippen molar-refractivity contribution in [2.45, 2.75) is 6.54 Å². The largest absolute Gasteiger partial charge is 0.452 e. The molecule has 140 valence electrons. The third kappa shape index (κ3) is 4.11. The minimum Gasteiger partial charge on any atom is -0.452 e. The van der Waals surface area contributed by atoms with Crippen molar-refractivity contribution in [3.63, 3.8) is 0 Å². The normalized spacial score (nSPS) is 10.7. The summed E-state index contributed by atoms with van der Waals surface area (Å²) in [4.78, 5) is 30.2. The molecule has 0 bridgehead atoms. The van der Waals surface area contributed by atoms with Crippen molar-refractivity contribution in [3.8, 4) is 10.6 Å². The molecule has 7 heteroatoms. The lowest BCUT2D eigenvalue weighted by Gasteiger charge is -2.08. The Morgan fingerprint density at radius 2 is 1.82 bits per heavy atom. The van der Waals surface area contributed by atoms with Gasteiger partial charge in [0, 0.05) is 10.4 Å². The number of fused-ring (bicyclic) bond motifs is 1. The van der Waals surface area contributed by atoms with E-state index in [1.165, 1.54) is 11.3 Å². The fourth-order valence-electron chi connectivity index (χ4n) is 2.69. The Bertz CT molecular complexity index is 1090. The summed E-state index contributed by atoms with van der Waals surface area (Å²) in [5.41, 5.74) is 1.99. The second-order valence-electron chi connectivity index (χ2n) is 5.96. The third-order valence-electron chi connectivity index (χ3n) is 4.05.